The Balaban J connectivity index is 2.10. The van der Waals surface area contributed by atoms with E-state index in [1.807, 2.05) is 19.9 Å². The molecule has 0 atom stereocenters. The van der Waals surface area contributed by atoms with Crippen LogP contribution in [0.2, 0.25) is 0 Å². The van der Waals surface area contributed by atoms with Crippen molar-refractivity contribution in [2.45, 2.75) is 13.8 Å². The average molecular weight is 292 g/mol. The lowest BCUT2D eigenvalue weighted by atomic mass is 10.1. The van der Waals surface area contributed by atoms with Crippen molar-refractivity contribution in [1.82, 2.24) is 10.2 Å². The van der Waals surface area contributed by atoms with Gasteiger partial charge in [0.15, 0.2) is 5.78 Å². The summed E-state index contributed by atoms with van der Waals surface area (Å²) in [5.74, 6) is 1.45. The van der Waals surface area contributed by atoms with E-state index in [4.69, 9.17) is 9.47 Å². The fraction of sp³-hybridized carbons (Fsp3) is 0.562. The molecular formula is C16H24N2O3. The quantitative estimate of drug-likeness (QED) is 0.773. The molecule has 0 spiro atoms. The highest BCUT2D eigenvalue weighted by Crippen LogP contribution is 2.26. The zero-order valence-electron chi connectivity index (χ0n) is 12.9. The Labute approximate surface area is 126 Å². The summed E-state index contributed by atoms with van der Waals surface area (Å²) in [6.07, 6.45) is 0. The largest absolute Gasteiger partial charge is 0.494 e. The predicted molar refractivity (Wildman–Crippen MR) is 82.4 cm³/mol. The van der Waals surface area contributed by atoms with E-state index in [-0.39, 0.29) is 5.78 Å². The second-order valence-electron chi connectivity index (χ2n) is 4.97. The molecule has 1 heterocycles. The second-order valence-corrected chi connectivity index (χ2v) is 4.97. The Morgan fingerprint density at radius 1 is 1.19 bits per heavy atom. The molecule has 0 aliphatic carbocycles. The number of ether oxygens (including phenoxy) is 2. The highest BCUT2D eigenvalue weighted by atomic mass is 16.5. The summed E-state index contributed by atoms with van der Waals surface area (Å²) in [5.41, 5.74) is 0.638. The molecule has 21 heavy (non-hydrogen) atoms. The van der Waals surface area contributed by atoms with Gasteiger partial charge in [-0.2, -0.15) is 0 Å². The van der Waals surface area contributed by atoms with E-state index in [9.17, 15) is 4.79 Å². The third-order valence-electron chi connectivity index (χ3n) is 3.44. The summed E-state index contributed by atoms with van der Waals surface area (Å²) in [6.45, 7) is 9.11. The summed E-state index contributed by atoms with van der Waals surface area (Å²) in [4.78, 5) is 14.7. The zero-order chi connectivity index (χ0) is 15.1. The topological polar surface area (TPSA) is 50.8 Å². The third kappa shape index (κ3) is 4.44. The van der Waals surface area contributed by atoms with Gasteiger partial charge in [0.05, 0.1) is 25.3 Å². The Kier molecular flexibility index (Phi) is 6.02. The maximum Gasteiger partial charge on any atom is 0.180 e. The van der Waals surface area contributed by atoms with Crippen LogP contribution in [0.1, 0.15) is 24.2 Å². The minimum absolute atomic E-state index is 0.100. The van der Waals surface area contributed by atoms with Crippen LogP contribution in [-0.4, -0.2) is 56.6 Å². The van der Waals surface area contributed by atoms with Crippen molar-refractivity contribution in [2.75, 3.05) is 45.9 Å². The van der Waals surface area contributed by atoms with E-state index in [0.29, 0.717) is 31.1 Å². The number of nitrogens with one attached hydrogen (secondary N) is 1. The molecular weight excluding hydrogens is 268 g/mol. The van der Waals surface area contributed by atoms with Crippen LogP contribution in [-0.2, 0) is 0 Å². The van der Waals surface area contributed by atoms with Crippen molar-refractivity contribution in [3.63, 3.8) is 0 Å². The smallest absolute Gasteiger partial charge is 0.180 e. The fourth-order valence-corrected chi connectivity index (χ4v) is 2.42. The van der Waals surface area contributed by atoms with Gasteiger partial charge in [-0.1, -0.05) is 0 Å². The van der Waals surface area contributed by atoms with Gasteiger partial charge < -0.3 is 14.8 Å². The lowest BCUT2D eigenvalue weighted by Crippen LogP contribution is -2.45. The van der Waals surface area contributed by atoms with Crippen molar-refractivity contribution in [3.8, 4) is 11.5 Å². The number of carbonyl (C=O) groups excluding carboxylic acids is 1. The lowest BCUT2D eigenvalue weighted by molar-refractivity contribution is 0.0917. The lowest BCUT2D eigenvalue weighted by Gasteiger charge is -2.26. The first-order valence-electron chi connectivity index (χ1n) is 7.60. The fourth-order valence-electron chi connectivity index (χ4n) is 2.42. The molecule has 1 aliphatic rings. The first kappa shape index (κ1) is 15.8. The molecule has 0 amide bonds. The maximum atomic E-state index is 12.5. The van der Waals surface area contributed by atoms with Gasteiger partial charge in [-0.25, -0.2) is 0 Å². The molecule has 1 saturated heterocycles. The molecule has 2 rings (SSSR count). The highest BCUT2D eigenvalue weighted by molar-refractivity contribution is 6.00. The normalized spacial score (nSPS) is 15.7. The van der Waals surface area contributed by atoms with E-state index >= 15 is 0 Å². The average Bonchev–Trinajstić information content (AvgIpc) is 2.49. The van der Waals surface area contributed by atoms with Crippen LogP contribution in [0.3, 0.4) is 0 Å². The van der Waals surface area contributed by atoms with E-state index < -0.39 is 0 Å². The minimum atomic E-state index is 0.100. The molecule has 116 valence electrons. The number of Topliss-reactive ketones (excluding diaryl/α,β-unsaturated/α-hetero) is 1. The van der Waals surface area contributed by atoms with E-state index in [2.05, 4.69) is 10.2 Å². The monoisotopic (exact) mass is 292 g/mol. The standard InChI is InChI=1S/C16H24N2O3/c1-3-20-13-5-6-14(16(11-13)21-4-2)15(19)12-18-9-7-17-8-10-18/h5-6,11,17H,3-4,7-10,12H2,1-2H3. The molecule has 1 aliphatic heterocycles. The Bertz CT molecular complexity index is 471. The van der Waals surface area contributed by atoms with Crippen molar-refractivity contribution >= 4 is 5.78 Å². The zero-order valence-corrected chi connectivity index (χ0v) is 12.9. The summed E-state index contributed by atoms with van der Waals surface area (Å²) >= 11 is 0. The number of hydrogen-bond acceptors (Lipinski definition) is 5. The van der Waals surface area contributed by atoms with Gasteiger partial charge in [-0.05, 0) is 26.0 Å². The molecule has 0 bridgehead atoms. The number of nitrogens with zero attached hydrogens (tertiary/aromatic N) is 1. The molecule has 0 unspecified atom stereocenters. The number of benzene rings is 1. The van der Waals surface area contributed by atoms with Gasteiger partial charge in [-0.15, -0.1) is 0 Å². The molecule has 1 fully saturated rings. The highest BCUT2D eigenvalue weighted by Gasteiger charge is 2.18. The van der Waals surface area contributed by atoms with Crippen LogP contribution < -0.4 is 14.8 Å². The summed E-state index contributed by atoms with van der Waals surface area (Å²) in [6, 6.07) is 5.44. The van der Waals surface area contributed by atoms with Crippen LogP contribution in [0, 0.1) is 0 Å². The van der Waals surface area contributed by atoms with Gasteiger partial charge in [0.25, 0.3) is 0 Å². The Morgan fingerprint density at radius 2 is 1.90 bits per heavy atom. The molecule has 5 heteroatoms. The van der Waals surface area contributed by atoms with Crippen molar-refractivity contribution in [1.29, 1.82) is 0 Å². The second kappa shape index (κ2) is 8.00. The van der Waals surface area contributed by atoms with Crippen LogP contribution in [0.4, 0.5) is 0 Å². The molecule has 0 aromatic heterocycles. The van der Waals surface area contributed by atoms with Gasteiger partial charge in [-0.3, -0.25) is 9.69 Å². The minimum Gasteiger partial charge on any atom is -0.494 e. The number of piperazine rings is 1. The van der Waals surface area contributed by atoms with Crippen LogP contribution in [0.15, 0.2) is 18.2 Å². The van der Waals surface area contributed by atoms with Crippen LogP contribution >= 0.6 is 0 Å². The number of ketones is 1. The molecule has 5 nitrogen and oxygen atoms in total. The first-order valence-corrected chi connectivity index (χ1v) is 7.60. The van der Waals surface area contributed by atoms with E-state index in [0.717, 1.165) is 31.9 Å². The molecule has 1 N–H and O–H groups in total. The summed E-state index contributed by atoms with van der Waals surface area (Å²) in [7, 11) is 0. The third-order valence-corrected chi connectivity index (χ3v) is 3.44. The van der Waals surface area contributed by atoms with Crippen molar-refractivity contribution < 1.29 is 14.3 Å². The number of carbonyl (C=O) groups is 1. The van der Waals surface area contributed by atoms with Crippen molar-refractivity contribution in [2.24, 2.45) is 0 Å². The van der Waals surface area contributed by atoms with Crippen LogP contribution in [0.5, 0.6) is 11.5 Å². The number of rotatable bonds is 7. The van der Waals surface area contributed by atoms with Gasteiger partial charge in [0.2, 0.25) is 0 Å². The van der Waals surface area contributed by atoms with Gasteiger partial charge in [0.1, 0.15) is 11.5 Å². The van der Waals surface area contributed by atoms with Gasteiger partial charge in [0, 0.05) is 32.2 Å². The van der Waals surface area contributed by atoms with Crippen LogP contribution in [0.25, 0.3) is 0 Å². The Hall–Kier alpha value is -1.59. The number of hydrogen-bond donors (Lipinski definition) is 1. The first-order chi connectivity index (χ1) is 10.2. The SMILES string of the molecule is CCOc1ccc(C(=O)CN2CCNCC2)c(OCC)c1. The predicted octanol–water partition coefficient (Wildman–Crippen LogP) is 1.57. The molecule has 1 aromatic carbocycles. The van der Waals surface area contributed by atoms with Gasteiger partial charge >= 0.3 is 0 Å². The molecule has 0 saturated carbocycles. The van der Waals surface area contributed by atoms with E-state index in [1.54, 1.807) is 12.1 Å². The molecule has 0 radical (unpaired) electrons. The summed E-state index contributed by atoms with van der Waals surface area (Å²) < 4.78 is 11.1. The van der Waals surface area contributed by atoms with E-state index in [1.165, 1.54) is 0 Å². The van der Waals surface area contributed by atoms with Crippen molar-refractivity contribution in [3.05, 3.63) is 23.8 Å². The maximum absolute atomic E-state index is 12.5. The molecule has 1 aromatic rings. The summed E-state index contributed by atoms with van der Waals surface area (Å²) in [5, 5.41) is 3.29. The Morgan fingerprint density at radius 3 is 2.57 bits per heavy atom.